The summed E-state index contributed by atoms with van der Waals surface area (Å²) in [6, 6.07) is 5.31. The van der Waals surface area contributed by atoms with Crippen molar-refractivity contribution in [3.8, 4) is 0 Å². The van der Waals surface area contributed by atoms with Crippen molar-refractivity contribution >= 4 is 49.4 Å². The van der Waals surface area contributed by atoms with Gasteiger partial charge in [0.2, 0.25) is 0 Å². The van der Waals surface area contributed by atoms with Crippen LogP contribution in [0.5, 0.6) is 0 Å². The van der Waals surface area contributed by atoms with E-state index in [-0.39, 0.29) is 6.61 Å². The molecule has 0 heterocycles. The first-order valence-corrected chi connectivity index (χ1v) is 6.07. The number of carbonyl (C=O) groups excluding carboxylic acids is 2. The van der Waals surface area contributed by atoms with E-state index in [0.29, 0.717) is 14.6 Å². The summed E-state index contributed by atoms with van der Waals surface area (Å²) in [6.45, 7) is 1.81. The normalized spacial score (nSPS) is 9.69. The largest absolute Gasteiger partial charge is 0.459 e. The molecule has 0 aliphatic heterocycles. The fourth-order valence-corrected chi connectivity index (χ4v) is 2.18. The van der Waals surface area contributed by atoms with Crippen LogP contribution in [0.3, 0.4) is 0 Å². The molecular formula is C10H9Br2NO3. The van der Waals surface area contributed by atoms with Crippen molar-refractivity contribution in [1.29, 1.82) is 0 Å². The van der Waals surface area contributed by atoms with Gasteiger partial charge < -0.3 is 10.1 Å². The zero-order valence-corrected chi connectivity index (χ0v) is 11.6. The highest BCUT2D eigenvalue weighted by molar-refractivity contribution is 9.11. The third-order valence-electron chi connectivity index (χ3n) is 1.66. The minimum atomic E-state index is -0.898. The van der Waals surface area contributed by atoms with Gasteiger partial charge >= 0.3 is 11.9 Å². The molecule has 86 valence electrons. The van der Waals surface area contributed by atoms with Gasteiger partial charge in [-0.05, 0) is 50.9 Å². The first kappa shape index (κ1) is 13.2. The number of ether oxygens (including phenoxy) is 1. The number of hydrogen-bond acceptors (Lipinski definition) is 3. The van der Waals surface area contributed by atoms with Gasteiger partial charge in [-0.2, -0.15) is 0 Å². The highest BCUT2D eigenvalue weighted by atomic mass is 79.9. The number of hydrogen-bond donors (Lipinski definition) is 1. The summed E-state index contributed by atoms with van der Waals surface area (Å²) in [5, 5.41) is 2.46. The Kier molecular flexibility index (Phi) is 4.95. The zero-order valence-electron chi connectivity index (χ0n) is 8.42. The smallest absolute Gasteiger partial charge is 0.397 e. The van der Waals surface area contributed by atoms with Crippen molar-refractivity contribution in [2.24, 2.45) is 0 Å². The molecule has 1 N–H and O–H groups in total. The van der Waals surface area contributed by atoms with Gasteiger partial charge in [0.1, 0.15) is 0 Å². The van der Waals surface area contributed by atoms with Crippen LogP contribution in [-0.4, -0.2) is 18.5 Å². The fraction of sp³-hybridized carbons (Fsp3) is 0.200. The van der Waals surface area contributed by atoms with Crippen molar-refractivity contribution in [2.45, 2.75) is 6.92 Å². The Bertz CT molecular complexity index is 400. The van der Waals surface area contributed by atoms with E-state index in [1.54, 1.807) is 25.1 Å². The Morgan fingerprint density at radius 1 is 1.31 bits per heavy atom. The second kappa shape index (κ2) is 6.00. The van der Waals surface area contributed by atoms with E-state index in [0.717, 1.165) is 0 Å². The summed E-state index contributed by atoms with van der Waals surface area (Å²) in [5.74, 6) is -1.69. The fourth-order valence-electron chi connectivity index (χ4n) is 0.978. The molecule has 1 aromatic rings. The monoisotopic (exact) mass is 349 g/mol. The van der Waals surface area contributed by atoms with Crippen LogP contribution in [0.4, 0.5) is 5.69 Å². The van der Waals surface area contributed by atoms with E-state index < -0.39 is 11.9 Å². The van der Waals surface area contributed by atoms with Crippen LogP contribution in [0.2, 0.25) is 0 Å². The van der Waals surface area contributed by atoms with Crippen LogP contribution in [0, 0.1) is 0 Å². The summed E-state index contributed by atoms with van der Waals surface area (Å²) in [7, 11) is 0. The van der Waals surface area contributed by atoms with Gasteiger partial charge in [0.05, 0.1) is 12.3 Å². The molecule has 0 saturated carbocycles. The number of nitrogens with one attached hydrogen (secondary N) is 1. The molecule has 0 aliphatic carbocycles. The highest BCUT2D eigenvalue weighted by Crippen LogP contribution is 2.30. The number of para-hydroxylation sites is 1. The minimum absolute atomic E-state index is 0.170. The molecule has 0 unspecified atom stereocenters. The molecule has 0 aliphatic rings. The van der Waals surface area contributed by atoms with Gasteiger partial charge in [0, 0.05) is 8.95 Å². The van der Waals surface area contributed by atoms with Crippen molar-refractivity contribution in [2.75, 3.05) is 11.9 Å². The minimum Gasteiger partial charge on any atom is -0.459 e. The summed E-state index contributed by atoms with van der Waals surface area (Å²) >= 11 is 6.53. The lowest BCUT2D eigenvalue weighted by Crippen LogP contribution is -2.25. The Hall–Kier alpha value is -0.880. The van der Waals surface area contributed by atoms with E-state index in [2.05, 4.69) is 41.9 Å². The molecule has 0 saturated heterocycles. The first-order chi connectivity index (χ1) is 7.56. The highest BCUT2D eigenvalue weighted by Gasteiger charge is 2.17. The molecule has 6 heteroatoms. The number of esters is 1. The van der Waals surface area contributed by atoms with Crippen LogP contribution in [-0.2, 0) is 14.3 Å². The third-order valence-corrected chi connectivity index (χ3v) is 2.98. The molecule has 1 aromatic carbocycles. The van der Waals surface area contributed by atoms with Crippen LogP contribution in [0.15, 0.2) is 27.1 Å². The number of amides is 1. The van der Waals surface area contributed by atoms with Gasteiger partial charge in [-0.1, -0.05) is 6.07 Å². The van der Waals surface area contributed by atoms with Crippen LogP contribution < -0.4 is 5.32 Å². The molecule has 4 nitrogen and oxygen atoms in total. The second-order valence-electron chi connectivity index (χ2n) is 2.77. The molecule has 16 heavy (non-hydrogen) atoms. The SMILES string of the molecule is CCOC(=O)C(=O)Nc1c(Br)cccc1Br. The Morgan fingerprint density at radius 3 is 2.38 bits per heavy atom. The van der Waals surface area contributed by atoms with E-state index in [1.807, 2.05) is 0 Å². The molecule has 0 fully saturated rings. The van der Waals surface area contributed by atoms with Gasteiger partial charge in [-0.25, -0.2) is 4.79 Å². The molecule has 0 radical (unpaired) electrons. The van der Waals surface area contributed by atoms with Gasteiger partial charge in [-0.3, -0.25) is 4.79 Å². The molecular weight excluding hydrogens is 342 g/mol. The zero-order chi connectivity index (χ0) is 12.1. The number of benzene rings is 1. The van der Waals surface area contributed by atoms with Crippen molar-refractivity contribution in [1.82, 2.24) is 0 Å². The maximum Gasteiger partial charge on any atom is 0.397 e. The molecule has 0 spiro atoms. The quantitative estimate of drug-likeness (QED) is 0.659. The molecule has 1 amide bonds. The number of halogens is 2. The third kappa shape index (κ3) is 3.31. The standard InChI is InChI=1S/C10H9Br2NO3/c1-2-16-10(15)9(14)13-8-6(11)4-3-5-7(8)12/h3-5H,2H2,1H3,(H,13,14). The number of anilines is 1. The van der Waals surface area contributed by atoms with Crippen LogP contribution >= 0.6 is 31.9 Å². The maximum absolute atomic E-state index is 11.4. The predicted molar refractivity (Wildman–Crippen MR) is 67.1 cm³/mol. The summed E-state index contributed by atoms with van der Waals surface area (Å²) in [5.41, 5.74) is 0.501. The van der Waals surface area contributed by atoms with E-state index in [1.165, 1.54) is 0 Å². The van der Waals surface area contributed by atoms with Gasteiger partial charge in [-0.15, -0.1) is 0 Å². The Labute approximate surface area is 110 Å². The topological polar surface area (TPSA) is 55.4 Å². The van der Waals surface area contributed by atoms with E-state index in [9.17, 15) is 9.59 Å². The summed E-state index contributed by atoms with van der Waals surface area (Å²) < 4.78 is 5.93. The van der Waals surface area contributed by atoms with E-state index >= 15 is 0 Å². The lowest BCUT2D eigenvalue weighted by atomic mass is 10.3. The van der Waals surface area contributed by atoms with Crippen molar-refractivity contribution in [3.05, 3.63) is 27.1 Å². The lowest BCUT2D eigenvalue weighted by Gasteiger charge is -2.08. The Morgan fingerprint density at radius 2 is 1.88 bits per heavy atom. The lowest BCUT2D eigenvalue weighted by molar-refractivity contribution is -0.152. The summed E-state index contributed by atoms with van der Waals surface area (Å²) in [6.07, 6.45) is 0. The molecule has 1 rings (SSSR count). The predicted octanol–water partition coefficient (Wildman–Crippen LogP) is 2.71. The molecule has 0 bridgehead atoms. The number of carbonyl (C=O) groups is 2. The molecule has 0 atom stereocenters. The average molecular weight is 351 g/mol. The average Bonchev–Trinajstić information content (AvgIpc) is 2.23. The van der Waals surface area contributed by atoms with Crippen LogP contribution in [0.1, 0.15) is 6.92 Å². The van der Waals surface area contributed by atoms with Crippen molar-refractivity contribution in [3.63, 3.8) is 0 Å². The van der Waals surface area contributed by atoms with Crippen molar-refractivity contribution < 1.29 is 14.3 Å². The van der Waals surface area contributed by atoms with Crippen LogP contribution in [0.25, 0.3) is 0 Å². The van der Waals surface area contributed by atoms with Gasteiger partial charge in [0.15, 0.2) is 0 Å². The molecule has 0 aromatic heterocycles. The first-order valence-electron chi connectivity index (χ1n) is 4.48. The van der Waals surface area contributed by atoms with E-state index in [4.69, 9.17) is 0 Å². The van der Waals surface area contributed by atoms with Gasteiger partial charge in [0.25, 0.3) is 0 Å². The second-order valence-corrected chi connectivity index (χ2v) is 4.48. The Balaban J connectivity index is 2.81. The maximum atomic E-state index is 11.4. The number of rotatable bonds is 2. The summed E-state index contributed by atoms with van der Waals surface area (Å²) in [4.78, 5) is 22.5.